The molecule has 186 valence electrons. The summed E-state index contributed by atoms with van der Waals surface area (Å²) in [4.78, 5) is 12.0. The third kappa shape index (κ3) is 11.2. The minimum atomic E-state index is -3.78. The predicted octanol–water partition coefficient (Wildman–Crippen LogP) is 6.77. The lowest BCUT2D eigenvalue weighted by Crippen LogP contribution is -2.24. The van der Waals surface area contributed by atoms with Crippen molar-refractivity contribution in [2.75, 3.05) is 6.61 Å². The molecule has 0 aromatic heterocycles. The molecule has 0 saturated carbocycles. The van der Waals surface area contributed by atoms with Gasteiger partial charge in [-0.2, -0.15) is 8.42 Å². The summed E-state index contributed by atoms with van der Waals surface area (Å²) in [5.74, 6) is -0.118. The third-order valence-electron chi connectivity index (χ3n) is 5.42. The van der Waals surface area contributed by atoms with Gasteiger partial charge in [0.2, 0.25) is 0 Å². The lowest BCUT2D eigenvalue weighted by molar-refractivity contribution is -0.151. The van der Waals surface area contributed by atoms with Gasteiger partial charge in [-0.05, 0) is 91.4 Å². The molecular formula is C27H42O5S. The van der Waals surface area contributed by atoms with Gasteiger partial charge in [-0.15, -0.1) is 0 Å². The minimum absolute atomic E-state index is 0.0824. The summed E-state index contributed by atoms with van der Waals surface area (Å²) >= 11 is 0. The molecule has 1 aromatic carbocycles. The van der Waals surface area contributed by atoms with Crippen LogP contribution in [0.25, 0.3) is 0 Å². The average Bonchev–Trinajstić information content (AvgIpc) is 2.70. The number of aryl methyl sites for hydroxylation is 1. The molecule has 0 saturated heterocycles. The number of hydrogen-bond acceptors (Lipinski definition) is 5. The van der Waals surface area contributed by atoms with Gasteiger partial charge in [0.05, 0.1) is 16.4 Å². The lowest BCUT2D eigenvalue weighted by atomic mass is 9.97. The Balaban J connectivity index is 2.54. The van der Waals surface area contributed by atoms with E-state index in [2.05, 4.69) is 13.0 Å². The topological polar surface area (TPSA) is 69.7 Å². The van der Waals surface area contributed by atoms with Crippen molar-refractivity contribution in [3.05, 3.63) is 53.1 Å². The van der Waals surface area contributed by atoms with Crippen LogP contribution < -0.4 is 0 Å². The van der Waals surface area contributed by atoms with Crippen molar-refractivity contribution in [2.24, 2.45) is 11.3 Å². The van der Waals surface area contributed by atoms with Crippen molar-refractivity contribution in [2.45, 2.75) is 92.1 Å². The Bertz CT molecular complexity index is 916. The largest absolute Gasteiger partial charge is 0.461 e. The van der Waals surface area contributed by atoms with Gasteiger partial charge in [0.25, 0.3) is 10.1 Å². The normalized spacial score (nSPS) is 14.5. The molecule has 1 aromatic rings. The Morgan fingerprint density at radius 2 is 1.58 bits per heavy atom. The summed E-state index contributed by atoms with van der Waals surface area (Å²) in [7, 11) is -3.78. The molecule has 0 amide bonds. The Morgan fingerprint density at radius 3 is 2.12 bits per heavy atom. The first-order valence-electron chi connectivity index (χ1n) is 11.7. The SMILES string of the molecule is CC(=CCOC(=O)C(C)(C)C)CCC=C(C)CCC(OS(=O)(=O)c1ccc(C)cc1)C(C)C. The fourth-order valence-corrected chi connectivity index (χ4v) is 4.24. The maximum atomic E-state index is 12.7. The first kappa shape index (κ1) is 29.1. The van der Waals surface area contributed by atoms with E-state index >= 15 is 0 Å². The summed E-state index contributed by atoms with van der Waals surface area (Å²) < 4.78 is 36.2. The monoisotopic (exact) mass is 478 g/mol. The zero-order valence-electron chi connectivity index (χ0n) is 21.6. The zero-order chi connectivity index (χ0) is 25.2. The maximum absolute atomic E-state index is 12.7. The second-order valence-electron chi connectivity index (χ2n) is 10.2. The number of ether oxygens (including phenoxy) is 1. The van der Waals surface area contributed by atoms with Crippen molar-refractivity contribution in [3.8, 4) is 0 Å². The van der Waals surface area contributed by atoms with Crippen molar-refractivity contribution >= 4 is 16.1 Å². The van der Waals surface area contributed by atoms with Crippen LogP contribution in [-0.2, 0) is 23.8 Å². The molecular weight excluding hydrogens is 436 g/mol. The fourth-order valence-electron chi connectivity index (χ4n) is 3.01. The fraction of sp³-hybridized carbons (Fsp3) is 0.593. The van der Waals surface area contributed by atoms with E-state index in [1.54, 1.807) is 24.3 Å². The predicted molar refractivity (Wildman–Crippen MR) is 134 cm³/mol. The van der Waals surface area contributed by atoms with Crippen LogP contribution in [0.1, 0.15) is 79.7 Å². The van der Waals surface area contributed by atoms with E-state index in [-0.39, 0.29) is 22.9 Å². The van der Waals surface area contributed by atoms with Crippen LogP contribution in [0, 0.1) is 18.3 Å². The number of allylic oxidation sites excluding steroid dienone is 3. The van der Waals surface area contributed by atoms with Crippen molar-refractivity contribution < 1.29 is 22.1 Å². The van der Waals surface area contributed by atoms with Crippen LogP contribution in [0.3, 0.4) is 0 Å². The molecule has 0 fully saturated rings. The van der Waals surface area contributed by atoms with Gasteiger partial charge in [-0.1, -0.05) is 48.8 Å². The van der Waals surface area contributed by atoms with Gasteiger partial charge in [-0.3, -0.25) is 8.98 Å². The summed E-state index contributed by atoms with van der Waals surface area (Å²) in [5.41, 5.74) is 2.90. The number of benzene rings is 1. The van der Waals surface area contributed by atoms with E-state index in [4.69, 9.17) is 8.92 Å². The second-order valence-corrected chi connectivity index (χ2v) is 11.7. The van der Waals surface area contributed by atoms with E-state index in [1.165, 1.54) is 11.1 Å². The molecule has 1 atom stereocenters. The number of esters is 1. The number of hydrogen-bond donors (Lipinski definition) is 0. The molecule has 0 bridgehead atoms. The van der Waals surface area contributed by atoms with Crippen LogP contribution in [0.5, 0.6) is 0 Å². The van der Waals surface area contributed by atoms with Gasteiger partial charge >= 0.3 is 5.97 Å². The van der Waals surface area contributed by atoms with Crippen molar-refractivity contribution in [1.29, 1.82) is 0 Å². The molecule has 0 aliphatic carbocycles. The highest BCUT2D eigenvalue weighted by Gasteiger charge is 2.24. The third-order valence-corrected chi connectivity index (χ3v) is 6.77. The van der Waals surface area contributed by atoms with Crippen LogP contribution in [0.15, 0.2) is 52.5 Å². The summed E-state index contributed by atoms with van der Waals surface area (Å²) in [6, 6.07) is 6.73. The molecule has 0 heterocycles. The van der Waals surface area contributed by atoms with Gasteiger partial charge in [-0.25, -0.2) is 0 Å². The number of rotatable bonds is 12. The van der Waals surface area contributed by atoms with Crippen molar-refractivity contribution in [3.63, 3.8) is 0 Å². The highest BCUT2D eigenvalue weighted by molar-refractivity contribution is 7.86. The van der Waals surface area contributed by atoms with Crippen LogP contribution >= 0.6 is 0 Å². The molecule has 0 aliphatic heterocycles. The first-order valence-corrected chi connectivity index (χ1v) is 13.1. The molecule has 5 nitrogen and oxygen atoms in total. The molecule has 0 radical (unpaired) electrons. The van der Waals surface area contributed by atoms with E-state index in [1.807, 2.05) is 54.5 Å². The number of carbonyl (C=O) groups is 1. The Labute approximate surface area is 201 Å². The lowest BCUT2D eigenvalue weighted by Gasteiger charge is -2.21. The molecule has 33 heavy (non-hydrogen) atoms. The second kappa shape index (κ2) is 13.1. The van der Waals surface area contributed by atoms with Crippen molar-refractivity contribution in [1.82, 2.24) is 0 Å². The molecule has 0 aliphatic rings. The van der Waals surface area contributed by atoms with E-state index in [0.29, 0.717) is 13.0 Å². The molecule has 1 unspecified atom stereocenters. The van der Waals surface area contributed by atoms with Crippen LogP contribution in [0.2, 0.25) is 0 Å². The Hall–Kier alpha value is -1.92. The highest BCUT2D eigenvalue weighted by atomic mass is 32.2. The van der Waals surface area contributed by atoms with Gasteiger partial charge in [0, 0.05) is 0 Å². The highest BCUT2D eigenvalue weighted by Crippen LogP contribution is 2.23. The smallest absolute Gasteiger partial charge is 0.311 e. The number of carbonyl (C=O) groups excluding carboxylic acids is 1. The zero-order valence-corrected chi connectivity index (χ0v) is 22.4. The minimum Gasteiger partial charge on any atom is -0.461 e. The summed E-state index contributed by atoms with van der Waals surface area (Å²) in [5, 5.41) is 0. The van der Waals surface area contributed by atoms with E-state index < -0.39 is 15.5 Å². The quantitative estimate of drug-likeness (QED) is 0.188. The molecule has 0 spiro atoms. The standard InChI is InChI=1S/C27H42O5S/c1-20(2)25(32-33(29,30)24-15-12-23(5)13-16-24)17-14-21(3)10-9-11-22(4)18-19-31-26(28)27(6,7)8/h10,12-13,15-16,18,20,25H,9,11,14,17,19H2,1-8H3. The Morgan fingerprint density at radius 1 is 1.00 bits per heavy atom. The van der Waals surface area contributed by atoms with Crippen LogP contribution in [-0.4, -0.2) is 27.1 Å². The van der Waals surface area contributed by atoms with Crippen LogP contribution in [0.4, 0.5) is 0 Å². The first-order chi connectivity index (χ1) is 15.2. The summed E-state index contributed by atoms with van der Waals surface area (Å²) in [6.07, 6.45) is 6.95. The van der Waals surface area contributed by atoms with E-state index in [0.717, 1.165) is 24.8 Å². The van der Waals surface area contributed by atoms with E-state index in [9.17, 15) is 13.2 Å². The van der Waals surface area contributed by atoms with Gasteiger partial charge < -0.3 is 4.74 Å². The maximum Gasteiger partial charge on any atom is 0.311 e. The Kier molecular flexibility index (Phi) is 11.5. The molecule has 6 heteroatoms. The molecule has 1 rings (SSSR count). The average molecular weight is 479 g/mol. The summed E-state index contributed by atoms with van der Waals surface area (Å²) in [6.45, 7) is 15.8. The van der Waals surface area contributed by atoms with Gasteiger partial charge in [0.15, 0.2) is 0 Å². The molecule has 0 N–H and O–H groups in total. The van der Waals surface area contributed by atoms with Gasteiger partial charge in [0.1, 0.15) is 6.61 Å².